The van der Waals surface area contributed by atoms with Crippen molar-refractivity contribution in [3.05, 3.63) is 72.2 Å². The van der Waals surface area contributed by atoms with Crippen molar-refractivity contribution in [3.63, 3.8) is 0 Å². The number of rotatable bonds is 5. The third kappa shape index (κ3) is 4.24. The predicted molar refractivity (Wildman–Crippen MR) is 133 cm³/mol. The summed E-state index contributed by atoms with van der Waals surface area (Å²) in [5.41, 5.74) is 2.13. The van der Waals surface area contributed by atoms with E-state index < -0.39 is 17.8 Å². The number of imidazole rings is 1. The average Bonchev–Trinajstić information content (AvgIpc) is 3.59. The molecule has 0 spiro atoms. The lowest BCUT2D eigenvalue weighted by Gasteiger charge is -2.17. The van der Waals surface area contributed by atoms with Crippen LogP contribution in [0, 0.1) is 0 Å². The van der Waals surface area contributed by atoms with Gasteiger partial charge in [-0.05, 0) is 61.7 Å². The van der Waals surface area contributed by atoms with E-state index in [1.165, 1.54) is 6.07 Å². The smallest absolute Gasteiger partial charge is 0.348 e. The van der Waals surface area contributed by atoms with Gasteiger partial charge in [0.1, 0.15) is 12.1 Å². The van der Waals surface area contributed by atoms with Crippen molar-refractivity contribution in [2.45, 2.75) is 38.0 Å². The van der Waals surface area contributed by atoms with E-state index in [0.29, 0.717) is 17.9 Å². The van der Waals surface area contributed by atoms with E-state index in [-0.39, 0.29) is 18.0 Å². The Labute approximate surface area is 210 Å². The first-order valence-electron chi connectivity index (χ1n) is 12.1. The van der Waals surface area contributed by atoms with Gasteiger partial charge in [0.15, 0.2) is 0 Å². The van der Waals surface area contributed by atoms with Crippen LogP contribution in [0.2, 0.25) is 0 Å². The van der Waals surface area contributed by atoms with E-state index in [2.05, 4.69) is 20.3 Å². The lowest BCUT2D eigenvalue weighted by Crippen LogP contribution is -2.31. The zero-order valence-corrected chi connectivity index (χ0v) is 20.0. The van der Waals surface area contributed by atoms with E-state index in [9.17, 15) is 18.0 Å². The molecule has 6 rings (SSSR count). The van der Waals surface area contributed by atoms with Gasteiger partial charge in [-0.15, -0.1) is 0 Å². The third-order valence-electron chi connectivity index (χ3n) is 7.04. The molecule has 190 valence electrons. The molecule has 2 aliphatic rings. The second-order valence-corrected chi connectivity index (χ2v) is 9.40. The van der Waals surface area contributed by atoms with Gasteiger partial charge in [0.05, 0.1) is 28.7 Å². The van der Waals surface area contributed by atoms with Crippen molar-refractivity contribution in [2.75, 3.05) is 23.3 Å². The Morgan fingerprint density at radius 1 is 1.11 bits per heavy atom. The molecule has 2 amide bonds. The van der Waals surface area contributed by atoms with Crippen molar-refractivity contribution >= 4 is 28.7 Å². The molecule has 2 aromatic carbocycles. The number of urea groups is 1. The Morgan fingerprint density at radius 2 is 1.97 bits per heavy atom. The van der Waals surface area contributed by atoms with Gasteiger partial charge in [-0.25, -0.2) is 14.8 Å². The Morgan fingerprint density at radius 3 is 2.78 bits per heavy atom. The molecule has 2 atom stereocenters. The van der Waals surface area contributed by atoms with Crippen LogP contribution >= 0.6 is 0 Å². The molecule has 4 aromatic rings. The highest BCUT2D eigenvalue weighted by Crippen LogP contribution is 2.33. The van der Waals surface area contributed by atoms with Gasteiger partial charge in [-0.2, -0.15) is 18.2 Å². The first-order chi connectivity index (χ1) is 17.8. The fourth-order valence-corrected chi connectivity index (χ4v) is 5.10. The van der Waals surface area contributed by atoms with Crippen molar-refractivity contribution < 1.29 is 18.0 Å². The Hall–Kier alpha value is -4.15. The molecule has 2 aromatic heterocycles. The molecule has 1 N–H and O–H groups in total. The van der Waals surface area contributed by atoms with Crippen molar-refractivity contribution in [1.29, 1.82) is 0 Å². The highest BCUT2D eigenvalue weighted by Gasteiger charge is 2.40. The summed E-state index contributed by atoms with van der Waals surface area (Å²) >= 11 is 0. The second-order valence-electron chi connectivity index (χ2n) is 9.40. The summed E-state index contributed by atoms with van der Waals surface area (Å²) in [6, 6.07) is 12.5. The number of benzene rings is 2. The van der Waals surface area contributed by atoms with Gasteiger partial charge in [0.25, 0.3) is 0 Å². The summed E-state index contributed by atoms with van der Waals surface area (Å²) in [6.45, 7) is 3.26. The van der Waals surface area contributed by atoms with Crippen LogP contribution in [-0.4, -0.2) is 49.6 Å². The van der Waals surface area contributed by atoms with Crippen LogP contribution in [-0.2, 0) is 6.18 Å². The largest absolute Gasteiger partial charge is 0.416 e. The Kier molecular flexibility index (Phi) is 5.50. The number of hydrogen-bond donors (Lipinski definition) is 1. The highest BCUT2D eigenvalue weighted by atomic mass is 19.4. The van der Waals surface area contributed by atoms with Crippen LogP contribution in [0.1, 0.15) is 36.9 Å². The molecule has 4 heterocycles. The van der Waals surface area contributed by atoms with E-state index in [0.717, 1.165) is 48.2 Å². The maximum absolute atomic E-state index is 13.1. The lowest BCUT2D eigenvalue weighted by atomic mass is 10.1. The number of amides is 2. The monoisotopic (exact) mass is 507 g/mol. The molecule has 1 unspecified atom stereocenters. The summed E-state index contributed by atoms with van der Waals surface area (Å²) < 4.78 is 41.1. The molecule has 0 bridgehead atoms. The molecule has 2 saturated heterocycles. The van der Waals surface area contributed by atoms with E-state index in [4.69, 9.17) is 0 Å². The van der Waals surface area contributed by atoms with Gasteiger partial charge in [-0.3, -0.25) is 9.47 Å². The summed E-state index contributed by atoms with van der Waals surface area (Å²) in [5, 5.41) is 3.09. The first kappa shape index (κ1) is 23.3. The van der Waals surface area contributed by atoms with Crippen molar-refractivity contribution in [1.82, 2.24) is 24.4 Å². The number of nitrogens with zero attached hydrogens (tertiary/aromatic N) is 6. The van der Waals surface area contributed by atoms with Crippen LogP contribution in [0.3, 0.4) is 0 Å². The molecule has 2 fully saturated rings. The number of anilines is 2. The van der Waals surface area contributed by atoms with E-state index in [1.807, 2.05) is 32.6 Å². The minimum Gasteiger partial charge on any atom is -0.348 e. The zero-order chi connectivity index (χ0) is 25.7. The first-order valence-corrected chi connectivity index (χ1v) is 12.1. The molecule has 37 heavy (non-hydrogen) atoms. The number of halogens is 3. The quantitative estimate of drug-likeness (QED) is 0.391. The van der Waals surface area contributed by atoms with Crippen LogP contribution in [0.25, 0.3) is 16.9 Å². The summed E-state index contributed by atoms with van der Waals surface area (Å²) in [4.78, 5) is 29.9. The molecule has 8 nitrogen and oxygen atoms in total. The molecule has 11 heteroatoms. The van der Waals surface area contributed by atoms with Gasteiger partial charge in [0, 0.05) is 25.0 Å². The van der Waals surface area contributed by atoms with Crippen molar-refractivity contribution in [2.24, 2.45) is 0 Å². The molecular weight excluding hydrogens is 483 g/mol. The number of nitrogens with one attached hydrogen (secondary N) is 1. The topological polar surface area (TPSA) is 79.2 Å². The van der Waals surface area contributed by atoms with E-state index in [1.54, 1.807) is 31.6 Å². The fourth-order valence-electron chi connectivity index (χ4n) is 5.10. The standard InChI is InChI=1S/C26H24F3N7O/c1-16(17-4-2-5-18(12-17)26(27,28)29)32-24-30-10-9-23(33-24)36-15-31-21-13-19(7-8-22(21)36)35-14-20-6-3-11-34(20)25(35)37/h2,4-5,7-10,12-13,15-16,20H,3,6,11,14H2,1H3,(H,30,32,33)/t16-,20?/m0/s1. The van der Waals surface area contributed by atoms with Gasteiger partial charge in [-0.1, -0.05) is 12.1 Å². The van der Waals surface area contributed by atoms with Crippen LogP contribution in [0.4, 0.5) is 29.6 Å². The number of carbonyl (C=O) groups excluding carboxylic acids is 1. The lowest BCUT2D eigenvalue weighted by molar-refractivity contribution is -0.137. The maximum atomic E-state index is 13.1. The predicted octanol–water partition coefficient (Wildman–Crippen LogP) is 5.41. The number of aromatic nitrogens is 4. The summed E-state index contributed by atoms with van der Waals surface area (Å²) in [7, 11) is 0. The minimum absolute atomic E-state index is 0.0442. The average molecular weight is 508 g/mol. The summed E-state index contributed by atoms with van der Waals surface area (Å²) in [5.74, 6) is 0.839. The van der Waals surface area contributed by atoms with Crippen LogP contribution < -0.4 is 10.2 Å². The molecule has 0 aliphatic carbocycles. The number of fused-ring (bicyclic) bond motifs is 2. The Bertz CT molecular complexity index is 1480. The van der Waals surface area contributed by atoms with Crippen molar-refractivity contribution in [3.8, 4) is 5.82 Å². The third-order valence-corrected chi connectivity index (χ3v) is 7.04. The number of hydrogen-bond acceptors (Lipinski definition) is 5. The molecule has 0 radical (unpaired) electrons. The zero-order valence-electron chi connectivity index (χ0n) is 20.0. The second kappa shape index (κ2) is 8.75. The summed E-state index contributed by atoms with van der Waals surface area (Å²) in [6.07, 6.45) is 0.922. The van der Waals surface area contributed by atoms with E-state index >= 15 is 0 Å². The maximum Gasteiger partial charge on any atom is 0.416 e. The molecular formula is C26H24F3N7O. The van der Waals surface area contributed by atoms with Crippen LogP contribution in [0.5, 0.6) is 0 Å². The normalized spacial score (nSPS) is 18.5. The number of carbonyl (C=O) groups is 1. The van der Waals surface area contributed by atoms with Crippen LogP contribution in [0.15, 0.2) is 61.1 Å². The van der Waals surface area contributed by atoms with Gasteiger partial charge < -0.3 is 10.2 Å². The molecule has 0 saturated carbocycles. The van der Waals surface area contributed by atoms with Gasteiger partial charge >= 0.3 is 12.2 Å². The fraction of sp³-hybridized carbons (Fsp3) is 0.308. The SMILES string of the molecule is C[C@H](Nc1nccc(-n2cnc3cc(N4CC5CCCN5C4=O)ccc32)n1)c1cccc(C(F)(F)F)c1. The van der Waals surface area contributed by atoms with Gasteiger partial charge in [0.2, 0.25) is 5.95 Å². The Balaban J connectivity index is 1.23. The molecule has 2 aliphatic heterocycles. The highest BCUT2D eigenvalue weighted by molar-refractivity contribution is 5.96. The number of alkyl halides is 3. The minimum atomic E-state index is -4.41.